The van der Waals surface area contributed by atoms with Crippen molar-refractivity contribution >= 4 is 16.7 Å². The zero-order valence-corrected chi connectivity index (χ0v) is 12.7. The van der Waals surface area contributed by atoms with E-state index >= 15 is 0 Å². The molecule has 1 amide bonds. The molecule has 0 bridgehead atoms. The Balaban J connectivity index is 2.16. The van der Waals surface area contributed by atoms with Crippen LogP contribution in [0.15, 0.2) is 48.6 Å². The number of methoxy groups -OCH3 is 1. The zero-order valence-electron chi connectivity index (χ0n) is 12.7. The number of carbonyl (C=O) groups excluding carboxylic acids is 1. The van der Waals surface area contributed by atoms with Crippen molar-refractivity contribution in [2.45, 2.75) is 26.3 Å². The van der Waals surface area contributed by atoms with Gasteiger partial charge in [0.1, 0.15) is 5.75 Å². The van der Waals surface area contributed by atoms with E-state index in [0.717, 1.165) is 22.1 Å². The quantitative estimate of drug-likeness (QED) is 0.843. The van der Waals surface area contributed by atoms with Crippen LogP contribution in [-0.2, 0) is 4.79 Å². The molecule has 0 heterocycles. The van der Waals surface area contributed by atoms with Gasteiger partial charge in [0.05, 0.1) is 13.2 Å². The molecule has 0 aliphatic rings. The molecule has 0 unspecified atom stereocenters. The Morgan fingerprint density at radius 3 is 2.67 bits per heavy atom. The first kappa shape index (κ1) is 15.1. The Labute approximate surface area is 125 Å². The van der Waals surface area contributed by atoms with E-state index in [1.165, 1.54) is 0 Å². The maximum absolute atomic E-state index is 11.8. The number of benzene rings is 2. The molecule has 2 aromatic carbocycles. The Morgan fingerprint density at radius 1 is 1.24 bits per heavy atom. The van der Waals surface area contributed by atoms with Crippen LogP contribution in [0.5, 0.6) is 5.75 Å². The molecule has 21 heavy (non-hydrogen) atoms. The Bertz CT molecular complexity index is 661. The van der Waals surface area contributed by atoms with E-state index in [-0.39, 0.29) is 11.9 Å². The third-order valence-corrected chi connectivity index (χ3v) is 3.49. The lowest BCUT2D eigenvalue weighted by atomic mass is 10.0. The number of ether oxygens (including phenoxy) is 1. The van der Waals surface area contributed by atoms with Crippen molar-refractivity contribution < 1.29 is 9.53 Å². The van der Waals surface area contributed by atoms with Gasteiger partial charge in [-0.15, -0.1) is 0 Å². The summed E-state index contributed by atoms with van der Waals surface area (Å²) < 4.78 is 5.23. The van der Waals surface area contributed by atoms with Gasteiger partial charge < -0.3 is 10.1 Å². The summed E-state index contributed by atoms with van der Waals surface area (Å²) in [6, 6.07) is 12.2. The van der Waals surface area contributed by atoms with Crippen LogP contribution in [0.4, 0.5) is 0 Å². The van der Waals surface area contributed by atoms with Gasteiger partial charge in [-0.2, -0.15) is 0 Å². The van der Waals surface area contributed by atoms with Gasteiger partial charge in [-0.1, -0.05) is 30.4 Å². The summed E-state index contributed by atoms with van der Waals surface area (Å²) in [6.07, 6.45) is 4.16. The fourth-order valence-corrected chi connectivity index (χ4v) is 2.25. The first-order valence-corrected chi connectivity index (χ1v) is 7.12. The van der Waals surface area contributed by atoms with E-state index in [0.29, 0.717) is 6.42 Å². The Kier molecular flexibility index (Phi) is 4.99. The van der Waals surface area contributed by atoms with Gasteiger partial charge >= 0.3 is 0 Å². The molecular formula is C18H21NO2. The smallest absolute Gasteiger partial charge is 0.224 e. The fraction of sp³-hybridized carbons (Fsp3) is 0.278. The Morgan fingerprint density at radius 2 is 1.95 bits per heavy atom. The molecule has 0 saturated carbocycles. The van der Waals surface area contributed by atoms with E-state index in [2.05, 4.69) is 17.4 Å². The molecule has 0 aromatic heterocycles. The number of carbonyl (C=O) groups is 1. The van der Waals surface area contributed by atoms with Gasteiger partial charge in [0.25, 0.3) is 0 Å². The molecule has 2 aromatic rings. The third kappa shape index (κ3) is 3.85. The highest BCUT2D eigenvalue weighted by Crippen LogP contribution is 2.24. The molecule has 3 heteroatoms. The highest BCUT2D eigenvalue weighted by Gasteiger charge is 2.09. The minimum atomic E-state index is -0.00532. The summed E-state index contributed by atoms with van der Waals surface area (Å²) in [5, 5.41) is 5.28. The third-order valence-electron chi connectivity index (χ3n) is 3.49. The molecular weight excluding hydrogens is 262 g/mol. The molecule has 3 nitrogen and oxygen atoms in total. The van der Waals surface area contributed by atoms with Crippen LogP contribution in [0, 0.1) is 0 Å². The molecule has 0 aliphatic heterocycles. The van der Waals surface area contributed by atoms with Crippen LogP contribution in [-0.4, -0.2) is 13.0 Å². The molecule has 0 spiro atoms. The fourth-order valence-electron chi connectivity index (χ4n) is 2.25. The van der Waals surface area contributed by atoms with E-state index < -0.39 is 0 Å². The monoisotopic (exact) mass is 283 g/mol. The SMILES string of the molecule is C/C=C/CC(=O)N[C@H](C)c1ccc2cc(OC)ccc2c1. The van der Waals surface area contributed by atoms with E-state index in [1.54, 1.807) is 7.11 Å². The number of amides is 1. The number of allylic oxidation sites excluding steroid dienone is 1. The van der Waals surface area contributed by atoms with Gasteiger partial charge in [0.2, 0.25) is 5.91 Å². The van der Waals surface area contributed by atoms with Gasteiger partial charge in [0, 0.05) is 6.42 Å². The van der Waals surface area contributed by atoms with Crippen molar-refractivity contribution in [3.63, 3.8) is 0 Å². The van der Waals surface area contributed by atoms with Crippen LogP contribution < -0.4 is 10.1 Å². The maximum atomic E-state index is 11.8. The predicted octanol–water partition coefficient (Wildman–Crippen LogP) is 3.99. The molecule has 1 atom stereocenters. The average molecular weight is 283 g/mol. The second-order valence-corrected chi connectivity index (χ2v) is 5.03. The van der Waals surface area contributed by atoms with Crippen molar-refractivity contribution in [3.05, 3.63) is 54.1 Å². The van der Waals surface area contributed by atoms with Gasteiger partial charge in [-0.25, -0.2) is 0 Å². The first-order valence-electron chi connectivity index (χ1n) is 7.12. The van der Waals surface area contributed by atoms with Gasteiger partial charge in [0.15, 0.2) is 0 Å². The molecule has 0 saturated heterocycles. The molecule has 1 N–H and O–H groups in total. The van der Waals surface area contributed by atoms with Crippen LogP contribution in [0.1, 0.15) is 31.9 Å². The minimum Gasteiger partial charge on any atom is -0.497 e. The van der Waals surface area contributed by atoms with Crippen molar-refractivity contribution in [2.75, 3.05) is 7.11 Å². The second-order valence-electron chi connectivity index (χ2n) is 5.03. The van der Waals surface area contributed by atoms with Gasteiger partial charge in [-0.05, 0) is 48.4 Å². The van der Waals surface area contributed by atoms with E-state index in [1.807, 2.05) is 50.3 Å². The number of fused-ring (bicyclic) bond motifs is 1. The largest absolute Gasteiger partial charge is 0.497 e. The maximum Gasteiger partial charge on any atom is 0.224 e. The molecule has 0 aliphatic carbocycles. The van der Waals surface area contributed by atoms with Crippen molar-refractivity contribution in [3.8, 4) is 5.75 Å². The van der Waals surface area contributed by atoms with E-state index in [4.69, 9.17) is 4.74 Å². The normalized spacial score (nSPS) is 12.5. The number of hydrogen-bond acceptors (Lipinski definition) is 2. The summed E-state index contributed by atoms with van der Waals surface area (Å²) >= 11 is 0. The average Bonchev–Trinajstić information content (AvgIpc) is 2.51. The summed E-state index contributed by atoms with van der Waals surface area (Å²) in [7, 11) is 1.66. The highest BCUT2D eigenvalue weighted by molar-refractivity contribution is 5.85. The minimum absolute atomic E-state index is 0.00532. The van der Waals surface area contributed by atoms with Crippen LogP contribution in [0.2, 0.25) is 0 Å². The van der Waals surface area contributed by atoms with Crippen molar-refractivity contribution in [1.82, 2.24) is 5.32 Å². The highest BCUT2D eigenvalue weighted by atomic mass is 16.5. The summed E-state index contributed by atoms with van der Waals surface area (Å²) in [5.41, 5.74) is 1.10. The number of rotatable bonds is 5. The van der Waals surface area contributed by atoms with E-state index in [9.17, 15) is 4.79 Å². The number of hydrogen-bond donors (Lipinski definition) is 1. The van der Waals surface area contributed by atoms with Crippen molar-refractivity contribution in [1.29, 1.82) is 0 Å². The summed E-state index contributed by atoms with van der Waals surface area (Å²) in [6.45, 7) is 3.91. The lowest BCUT2D eigenvalue weighted by Crippen LogP contribution is -2.25. The molecule has 0 fully saturated rings. The summed E-state index contributed by atoms with van der Waals surface area (Å²) in [4.78, 5) is 11.8. The molecule has 0 radical (unpaired) electrons. The number of nitrogens with one attached hydrogen (secondary N) is 1. The summed E-state index contributed by atoms with van der Waals surface area (Å²) in [5.74, 6) is 0.887. The zero-order chi connectivity index (χ0) is 15.2. The van der Waals surface area contributed by atoms with Crippen molar-refractivity contribution in [2.24, 2.45) is 0 Å². The topological polar surface area (TPSA) is 38.3 Å². The standard InChI is InChI=1S/C18H21NO2/c1-4-5-6-18(20)19-13(2)14-7-8-16-12-17(21-3)10-9-15(16)11-14/h4-5,7-13H,6H2,1-3H3,(H,19,20)/b5-4+/t13-/m1/s1. The second kappa shape index (κ2) is 6.93. The molecule has 110 valence electrons. The van der Waals surface area contributed by atoms with Gasteiger partial charge in [-0.3, -0.25) is 4.79 Å². The first-order chi connectivity index (χ1) is 10.1. The van der Waals surface area contributed by atoms with Crippen LogP contribution in [0.3, 0.4) is 0 Å². The van der Waals surface area contributed by atoms with Crippen LogP contribution >= 0.6 is 0 Å². The lowest BCUT2D eigenvalue weighted by molar-refractivity contribution is -0.120. The Hall–Kier alpha value is -2.29. The molecule has 2 rings (SSSR count). The lowest BCUT2D eigenvalue weighted by Gasteiger charge is -2.15. The predicted molar refractivity (Wildman–Crippen MR) is 86.5 cm³/mol. The van der Waals surface area contributed by atoms with Crippen LogP contribution in [0.25, 0.3) is 10.8 Å².